The maximum Gasteiger partial charge on any atom is 0.244 e. The number of piperazine rings is 1. The summed E-state index contributed by atoms with van der Waals surface area (Å²) in [7, 11) is -3.36. The Morgan fingerprint density at radius 1 is 1.24 bits per heavy atom. The van der Waals surface area contributed by atoms with Crippen LogP contribution >= 0.6 is 0 Å². The maximum atomic E-state index is 12.6. The lowest BCUT2D eigenvalue weighted by Gasteiger charge is -2.33. The summed E-state index contributed by atoms with van der Waals surface area (Å²) in [6.07, 6.45) is 2.71. The predicted octanol–water partition coefficient (Wildman–Crippen LogP) is 0.841. The number of nitrogens with zero attached hydrogens (tertiary/aromatic N) is 2. The van der Waals surface area contributed by atoms with E-state index >= 15 is 0 Å². The number of rotatable bonds is 7. The lowest BCUT2D eigenvalue weighted by atomic mass is 10.3. The minimum atomic E-state index is -3.36. The molecule has 1 saturated heterocycles. The number of nitrogens with one attached hydrogen (secondary N) is 2. The smallest absolute Gasteiger partial charge is 0.244 e. The van der Waals surface area contributed by atoms with Gasteiger partial charge in [0.2, 0.25) is 10.0 Å². The summed E-state index contributed by atoms with van der Waals surface area (Å²) < 4.78 is 26.8. The van der Waals surface area contributed by atoms with E-state index in [1.807, 2.05) is 6.92 Å². The van der Waals surface area contributed by atoms with E-state index in [1.165, 1.54) is 0 Å². The van der Waals surface area contributed by atoms with E-state index in [0.717, 1.165) is 38.3 Å². The Balaban J connectivity index is 2.00. The first-order chi connectivity index (χ1) is 10.1. The van der Waals surface area contributed by atoms with Gasteiger partial charge < -0.3 is 15.2 Å². The Labute approximate surface area is 127 Å². The summed E-state index contributed by atoms with van der Waals surface area (Å²) >= 11 is 0. The summed E-state index contributed by atoms with van der Waals surface area (Å²) in [6.45, 7) is 9.54. The fourth-order valence-corrected chi connectivity index (χ4v) is 4.03. The van der Waals surface area contributed by atoms with Crippen molar-refractivity contribution in [3.63, 3.8) is 0 Å². The molecular formula is C14H26N4O2S. The number of hydrogen-bond acceptors (Lipinski definition) is 4. The van der Waals surface area contributed by atoms with E-state index in [9.17, 15) is 8.42 Å². The van der Waals surface area contributed by atoms with Gasteiger partial charge in [-0.3, -0.25) is 0 Å². The Hall–Kier alpha value is -0.890. The highest BCUT2D eigenvalue weighted by Crippen LogP contribution is 2.18. The molecule has 0 bridgehead atoms. The van der Waals surface area contributed by atoms with E-state index in [1.54, 1.807) is 16.6 Å². The number of hydrogen-bond donors (Lipinski definition) is 2. The van der Waals surface area contributed by atoms with Crippen LogP contribution < -0.4 is 5.32 Å². The Morgan fingerprint density at radius 2 is 1.95 bits per heavy atom. The molecule has 1 aromatic heterocycles. The highest BCUT2D eigenvalue weighted by atomic mass is 32.2. The maximum absolute atomic E-state index is 12.6. The van der Waals surface area contributed by atoms with Crippen molar-refractivity contribution in [1.82, 2.24) is 19.5 Å². The van der Waals surface area contributed by atoms with E-state index in [0.29, 0.717) is 24.5 Å². The van der Waals surface area contributed by atoms with Crippen molar-refractivity contribution in [2.45, 2.75) is 31.7 Å². The molecule has 0 amide bonds. The number of aromatic nitrogens is 1. The van der Waals surface area contributed by atoms with Gasteiger partial charge in [-0.2, -0.15) is 4.31 Å². The van der Waals surface area contributed by atoms with Crippen LogP contribution in [0, 0.1) is 0 Å². The van der Waals surface area contributed by atoms with Gasteiger partial charge in [-0.1, -0.05) is 13.8 Å². The fraction of sp³-hybridized carbons (Fsp3) is 0.714. The molecule has 2 rings (SSSR count). The molecule has 0 spiro atoms. The van der Waals surface area contributed by atoms with E-state index in [-0.39, 0.29) is 0 Å². The van der Waals surface area contributed by atoms with Crippen LogP contribution in [0.2, 0.25) is 0 Å². The van der Waals surface area contributed by atoms with Crippen LogP contribution in [-0.4, -0.2) is 61.9 Å². The number of aromatic amines is 1. The van der Waals surface area contributed by atoms with Gasteiger partial charge in [-0.25, -0.2) is 8.42 Å². The third-order valence-corrected chi connectivity index (χ3v) is 5.67. The zero-order valence-electron chi connectivity index (χ0n) is 12.9. The molecule has 0 unspecified atom stereocenters. The first-order valence-electron chi connectivity index (χ1n) is 7.68. The molecule has 1 aromatic rings. The number of H-pyrrole nitrogens is 1. The van der Waals surface area contributed by atoms with Crippen LogP contribution in [0.25, 0.3) is 0 Å². The molecular weight excluding hydrogens is 288 g/mol. The normalized spacial score (nSPS) is 18.2. The van der Waals surface area contributed by atoms with Crippen molar-refractivity contribution >= 4 is 10.0 Å². The van der Waals surface area contributed by atoms with Gasteiger partial charge in [-0.15, -0.1) is 0 Å². The summed E-state index contributed by atoms with van der Waals surface area (Å²) in [5, 5.41) is 3.18. The van der Waals surface area contributed by atoms with Crippen LogP contribution in [0.5, 0.6) is 0 Å². The molecule has 6 nitrogen and oxygen atoms in total. The first kappa shape index (κ1) is 16.5. The SMILES string of the molecule is CCCN1CCN(S(=O)(=O)c2c[nH]c(CNCC)c2)CC1. The van der Waals surface area contributed by atoms with Crippen molar-refractivity contribution in [3.05, 3.63) is 18.0 Å². The topological polar surface area (TPSA) is 68.4 Å². The average Bonchev–Trinajstić information content (AvgIpc) is 2.96. The average molecular weight is 314 g/mol. The van der Waals surface area contributed by atoms with Crippen LogP contribution in [0.3, 0.4) is 0 Å². The van der Waals surface area contributed by atoms with Gasteiger partial charge in [0.15, 0.2) is 0 Å². The van der Waals surface area contributed by atoms with Crippen LogP contribution in [0.15, 0.2) is 17.2 Å². The Morgan fingerprint density at radius 3 is 2.57 bits per heavy atom. The summed E-state index contributed by atoms with van der Waals surface area (Å²) in [5.41, 5.74) is 0.903. The molecule has 2 N–H and O–H groups in total. The van der Waals surface area contributed by atoms with E-state index in [4.69, 9.17) is 0 Å². The fourth-order valence-electron chi connectivity index (χ4n) is 2.59. The lowest BCUT2D eigenvalue weighted by Crippen LogP contribution is -2.48. The molecule has 1 aliphatic heterocycles. The third-order valence-electron chi connectivity index (χ3n) is 3.79. The minimum absolute atomic E-state index is 0.374. The highest BCUT2D eigenvalue weighted by molar-refractivity contribution is 7.89. The predicted molar refractivity (Wildman–Crippen MR) is 83.7 cm³/mol. The van der Waals surface area contributed by atoms with Crippen molar-refractivity contribution in [1.29, 1.82) is 0 Å². The Kier molecular flexibility index (Phi) is 5.80. The molecule has 0 saturated carbocycles. The molecule has 0 aliphatic carbocycles. The minimum Gasteiger partial charge on any atom is -0.363 e. The largest absolute Gasteiger partial charge is 0.363 e. The van der Waals surface area contributed by atoms with Crippen molar-refractivity contribution in [2.75, 3.05) is 39.3 Å². The molecule has 120 valence electrons. The van der Waals surface area contributed by atoms with Gasteiger partial charge in [0.1, 0.15) is 0 Å². The zero-order chi connectivity index (χ0) is 15.3. The monoisotopic (exact) mass is 314 g/mol. The van der Waals surface area contributed by atoms with Gasteiger partial charge in [-0.05, 0) is 25.6 Å². The van der Waals surface area contributed by atoms with Gasteiger partial charge in [0.05, 0.1) is 4.90 Å². The molecule has 0 radical (unpaired) electrons. The summed E-state index contributed by atoms with van der Waals surface area (Å²) in [5.74, 6) is 0. The van der Waals surface area contributed by atoms with E-state index in [2.05, 4.69) is 22.1 Å². The molecule has 21 heavy (non-hydrogen) atoms. The second kappa shape index (κ2) is 7.40. The van der Waals surface area contributed by atoms with E-state index < -0.39 is 10.0 Å². The quantitative estimate of drug-likeness (QED) is 0.782. The molecule has 2 heterocycles. The Bertz CT molecular complexity index is 533. The summed E-state index contributed by atoms with van der Waals surface area (Å²) in [6, 6.07) is 1.73. The van der Waals surface area contributed by atoms with Crippen LogP contribution in [0.1, 0.15) is 26.0 Å². The second-order valence-corrected chi connectivity index (χ2v) is 7.32. The van der Waals surface area contributed by atoms with Crippen molar-refractivity contribution in [3.8, 4) is 0 Å². The standard InChI is InChI=1S/C14H26N4O2S/c1-3-5-17-6-8-18(9-7-17)21(19,20)14-10-13(16-12-14)11-15-4-2/h10,12,15-16H,3-9,11H2,1-2H3. The van der Waals surface area contributed by atoms with Crippen LogP contribution in [-0.2, 0) is 16.6 Å². The second-order valence-electron chi connectivity index (χ2n) is 5.39. The van der Waals surface area contributed by atoms with Gasteiger partial charge >= 0.3 is 0 Å². The number of sulfonamides is 1. The molecule has 0 aromatic carbocycles. The lowest BCUT2D eigenvalue weighted by molar-refractivity contribution is 0.188. The van der Waals surface area contributed by atoms with Gasteiger partial charge in [0.25, 0.3) is 0 Å². The first-order valence-corrected chi connectivity index (χ1v) is 9.12. The third kappa shape index (κ3) is 4.06. The van der Waals surface area contributed by atoms with Crippen molar-refractivity contribution in [2.24, 2.45) is 0 Å². The summed E-state index contributed by atoms with van der Waals surface area (Å²) in [4.78, 5) is 5.73. The zero-order valence-corrected chi connectivity index (χ0v) is 13.7. The highest BCUT2D eigenvalue weighted by Gasteiger charge is 2.28. The molecule has 1 fully saturated rings. The molecule has 1 aliphatic rings. The molecule has 0 atom stereocenters. The van der Waals surface area contributed by atoms with Crippen LogP contribution in [0.4, 0.5) is 0 Å². The van der Waals surface area contributed by atoms with Gasteiger partial charge in [0, 0.05) is 44.6 Å². The molecule has 7 heteroatoms. The van der Waals surface area contributed by atoms with Crippen molar-refractivity contribution < 1.29 is 8.42 Å².